The van der Waals surface area contributed by atoms with Gasteiger partial charge in [-0.2, -0.15) is 4.98 Å². The molecule has 3 aromatic rings. The summed E-state index contributed by atoms with van der Waals surface area (Å²) < 4.78 is 11.8. The van der Waals surface area contributed by atoms with Crippen LogP contribution in [0.15, 0.2) is 47.3 Å². The molecule has 4 heterocycles. The first-order valence-corrected chi connectivity index (χ1v) is 12.2. The third kappa shape index (κ3) is 5.18. The molecule has 2 aliphatic rings. The molecule has 1 atom stereocenters. The van der Waals surface area contributed by atoms with Crippen molar-refractivity contribution in [2.45, 2.75) is 19.3 Å². The van der Waals surface area contributed by atoms with Gasteiger partial charge >= 0.3 is 0 Å². The molecule has 0 aliphatic carbocycles. The Morgan fingerprint density at radius 3 is 2.79 bits per heavy atom. The van der Waals surface area contributed by atoms with E-state index in [1.54, 1.807) is 6.07 Å². The van der Waals surface area contributed by atoms with Gasteiger partial charge in [0.25, 0.3) is 0 Å². The van der Waals surface area contributed by atoms with Crippen molar-refractivity contribution < 1.29 is 9.47 Å². The Kier molecular flexibility index (Phi) is 6.97. The van der Waals surface area contributed by atoms with Crippen LogP contribution in [0.5, 0.6) is 11.6 Å². The minimum atomic E-state index is -0.155. The monoisotopic (exact) mass is 463 g/mol. The number of nitrogens with zero attached hydrogens (tertiary/aromatic N) is 3. The number of rotatable bonds is 8. The maximum atomic E-state index is 11.5. The molecule has 8 nitrogen and oxygen atoms in total. The molecule has 1 saturated heterocycles. The second-order valence-electron chi connectivity index (χ2n) is 9.16. The van der Waals surface area contributed by atoms with E-state index in [2.05, 4.69) is 38.0 Å². The van der Waals surface area contributed by atoms with Gasteiger partial charge in [-0.15, -0.1) is 0 Å². The van der Waals surface area contributed by atoms with Crippen LogP contribution in [0.25, 0.3) is 11.0 Å². The molecule has 1 unspecified atom stereocenters. The van der Waals surface area contributed by atoms with Gasteiger partial charge in [0.2, 0.25) is 11.4 Å². The number of nitrogens with two attached hydrogens (primary N) is 1. The Bertz CT molecular complexity index is 1170. The predicted molar refractivity (Wildman–Crippen MR) is 134 cm³/mol. The summed E-state index contributed by atoms with van der Waals surface area (Å²) in [4.78, 5) is 23.6. The zero-order valence-corrected chi connectivity index (χ0v) is 19.5. The number of benzene rings is 1. The smallest absolute Gasteiger partial charge is 0.249 e. The standard InChI is InChI=1S/C26H33N5O3/c27-17-19-16-21-22(4-3-5-23(21)34-18-19)31-13-11-30(12-14-31)10-1-2-15-33-25-9-7-20-6-8-24(32)28-26(20)29-25/h3-9,19H,1-2,10-18,27H2,(H,28,29,32). The molecule has 34 heavy (non-hydrogen) atoms. The summed E-state index contributed by atoms with van der Waals surface area (Å²) in [7, 11) is 0. The van der Waals surface area contributed by atoms with E-state index < -0.39 is 0 Å². The topological polar surface area (TPSA) is 96.7 Å². The summed E-state index contributed by atoms with van der Waals surface area (Å²) in [5.74, 6) is 1.98. The van der Waals surface area contributed by atoms with Gasteiger partial charge in [0.05, 0.1) is 13.2 Å². The van der Waals surface area contributed by atoms with Crippen molar-refractivity contribution in [1.29, 1.82) is 0 Å². The van der Waals surface area contributed by atoms with E-state index in [0.29, 0.717) is 30.6 Å². The number of nitrogens with one attached hydrogen (secondary N) is 1. The van der Waals surface area contributed by atoms with Gasteiger partial charge in [-0.05, 0) is 56.6 Å². The summed E-state index contributed by atoms with van der Waals surface area (Å²) in [6, 6.07) is 13.4. The van der Waals surface area contributed by atoms with E-state index in [1.165, 1.54) is 17.3 Å². The van der Waals surface area contributed by atoms with E-state index in [0.717, 1.165) is 69.7 Å². The average Bonchev–Trinajstić information content (AvgIpc) is 2.88. The number of hydrogen-bond acceptors (Lipinski definition) is 7. The quantitative estimate of drug-likeness (QED) is 0.495. The molecule has 0 amide bonds. The number of fused-ring (bicyclic) bond motifs is 2. The Hall–Kier alpha value is -3.10. The average molecular weight is 464 g/mol. The maximum Gasteiger partial charge on any atom is 0.249 e. The molecule has 5 rings (SSSR count). The van der Waals surface area contributed by atoms with Crippen LogP contribution in [0, 0.1) is 5.92 Å². The minimum Gasteiger partial charge on any atom is -0.493 e. The second-order valence-corrected chi connectivity index (χ2v) is 9.16. The van der Waals surface area contributed by atoms with Gasteiger partial charge in [0, 0.05) is 60.9 Å². The molecular weight excluding hydrogens is 430 g/mol. The van der Waals surface area contributed by atoms with Crippen molar-refractivity contribution in [3.63, 3.8) is 0 Å². The van der Waals surface area contributed by atoms with E-state index in [9.17, 15) is 4.79 Å². The largest absolute Gasteiger partial charge is 0.493 e. The molecule has 1 aromatic carbocycles. The van der Waals surface area contributed by atoms with Crippen LogP contribution in [0.1, 0.15) is 18.4 Å². The van der Waals surface area contributed by atoms with E-state index in [4.69, 9.17) is 15.2 Å². The maximum absolute atomic E-state index is 11.5. The molecule has 8 heteroatoms. The molecule has 180 valence electrons. The highest BCUT2D eigenvalue weighted by Crippen LogP contribution is 2.35. The Morgan fingerprint density at radius 1 is 1.09 bits per heavy atom. The Labute approximate surface area is 199 Å². The first-order valence-electron chi connectivity index (χ1n) is 12.2. The summed E-state index contributed by atoms with van der Waals surface area (Å²) in [5.41, 5.74) is 8.95. The number of hydrogen-bond donors (Lipinski definition) is 2. The highest BCUT2D eigenvalue weighted by atomic mass is 16.5. The zero-order valence-electron chi connectivity index (χ0n) is 19.5. The van der Waals surface area contributed by atoms with Crippen molar-refractivity contribution >= 4 is 16.7 Å². The summed E-state index contributed by atoms with van der Waals surface area (Å²) in [6.45, 7) is 7.26. The number of piperazine rings is 1. The molecule has 0 radical (unpaired) electrons. The molecule has 0 saturated carbocycles. The number of unbranched alkanes of at least 4 members (excludes halogenated alkanes) is 1. The van der Waals surface area contributed by atoms with Crippen molar-refractivity contribution in [1.82, 2.24) is 14.9 Å². The molecule has 0 spiro atoms. The van der Waals surface area contributed by atoms with Crippen molar-refractivity contribution in [2.75, 3.05) is 57.4 Å². The first-order chi connectivity index (χ1) is 16.7. The highest BCUT2D eigenvalue weighted by molar-refractivity contribution is 5.74. The van der Waals surface area contributed by atoms with Crippen LogP contribution in [0.2, 0.25) is 0 Å². The molecule has 2 aromatic heterocycles. The lowest BCUT2D eigenvalue weighted by atomic mass is 9.95. The summed E-state index contributed by atoms with van der Waals surface area (Å²) in [6.07, 6.45) is 3.05. The number of aromatic amines is 1. The van der Waals surface area contributed by atoms with Gasteiger partial charge in [-0.3, -0.25) is 9.69 Å². The molecule has 0 bridgehead atoms. The van der Waals surface area contributed by atoms with Crippen LogP contribution in [0.3, 0.4) is 0 Å². The number of H-pyrrole nitrogens is 1. The summed E-state index contributed by atoms with van der Waals surface area (Å²) in [5, 5.41) is 0.897. The van der Waals surface area contributed by atoms with E-state index >= 15 is 0 Å². The van der Waals surface area contributed by atoms with E-state index in [1.807, 2.05) is 12.1 Å². The van der Waals surface area contributed by atoms with Crippen LogP contribution >= 0.6 is 0 Å². The Morgan fingerprint density at radius 2 is 1.94 bits per heavy atom. The lowest BCUT2D eigenvalue weighted by Crippen LogP contribution is -2.47. The van der Waals surface area contributed by atoms with Crippen molar-refractivity contribution in [3.8, 4) is 11.6 Å². The van der Waals surface area contributed by atoms with Gasteiger partial charge < -0.3 is 25.1 Å². The third-order valence-electron chi connectivity index (χ3n) is 6.80. The third-order valence-corrected chi connectivity index (χ3v) is 6.80. The van der Waals surface area contributed by atoms with Crippen LogP contribution in [-0.4, -0.2) is 67.4 Å². The van der Waals surface area contributed by atoms with Crippen LogP contribution < -0.4 is 25.7 Å². The number of anilines is 1. The highest BCUT2D eigenvalue weighted by Gasteiger charge is 2.25. The number of aromatic nitrogens is 2. The Balaban J connectivity index is 1.06. The van der Waals surface area contributed by atoms with Crippen LogP contribution in [-0.2, 0) is 6.42 Å². The van der Waals surface area contributed by atoms with Gasteiger partial charge in [-0.1, -0.05) is 6.07 Å². The van der Waals surface area contributed by atoms with Crippen molar-refractivity contribution in [3.05, 3.63) is 58.4 Å². The molecule has 2 aliphatic heterocycles. The SMILES string of the molecule is NCC1COc2cccc(N3CCN(CCCCOc4ccc5ccc(=O)[nH]c5n4)CC3)c2C1. The normalized spacial score (nSPS) is 18.5. The lowest BCUT2D eigenvalue weighted by molar-refractivity contribution is 0.224. The lowest BCUT2D eigenvalue weighted by Gasteiger charge is -2.38. The fourth-order valence-electron chi connectivity index (χ4n) is 4.81. The first kappa shape index (κ1) is 22.7. The predicted octanol–water partition coefficient (Wildman–Crippen LogP) is 2.41. The number of ether oxygens (including phenoxy) is 2. The molecule has 3 N–H and O–H groups in total. The fraction of sp³-hybridized carbons (Fsp3) is 0.462. The fourth-order valence-corrected chi connectivity index (χ4v) is 4.81. The summed E-state index contributed by atoms with van der Waals surface area (Å²) >= 11 is 0. The van der Waals surface area contributed by atoms with Crippen LogP contribution in [0.4, 0.5) is 5.69 Å². The van der Waals surface area contributed by atoms with E-state index in [-0.39, 0.29) is 5.56 Å². The van der Waals surface area contributed by atoms with Gasteiger partial charge in [-0.25, -0.2) is 0 Å². The second kappa shape index (κ2) is 10.4. The molecular formula is C26H33N5O3. The van der Waals surface area contributed by atoms with Gasteiger partial charge in [0.1, 0.15) is 11.4 Å². The minimum absolute atomic E-state index is 0.155. The van der Waals surface area contributed by atoms with Crippen molar-refractivity contribution in [2.24, 2.45) is 11.7 Å². The molecule has 1 fully saturated rings. The van der Waals surface area contributed by atoms with Gasteiger partial charge in [0.15, 0.2) is 0 Å². The number of pyridine rings is 2. The zero-order chi connectivity index (χ0) is 23.3.